The van der Waals surface area contributed by atoms with Crippen molar-refractivity contribution in [2.24, 2.45) is 5.73 Å². The van der Waals surface area contributed by atoms with Gasteiger partial charge in [-0.3, -0.25) is 4.21 Å². The van der Waals surface area contributed by atoms with Crippen molar-refractivity contribution in [1.82, 2.24) is 0 Å². The Morgan fingerprint density at radius 1 is 1.06 bits per heavy atom. The summed E-state index contributed by atoms with van der Waals surface area (Å²) in [6, 6.07) is 0.119. The van der Waals surface area contributed by atoms with Crippen molar-refractivity contribution in [2.75, 3.05) is 51.6 Å². The van der Waals surface area contributed by atoms with Gasteiger partial charge in [0.25, 0.3) is 0 Å². The molecule has 0 aromatic rings. The van der Waals surface area contributed by atoms with Crippen molar-refractivity contribution in [3.05, 3.63) is 0 Å². The van der Waals surface area contributed by atoms with E-state index >= 15 is 0 Å². The Labute approximate surface area is 106 Å². The summed E-state index contributed by atoms with van der Waals surface area (Å²) < 4.78 is 26.8. The van der Waals surface area contributed by atoms with Crippen LogP contribution in [-0.2, 0) is 25.0 Å². The maximum Gasteiger partial charge on any atom is 0.0701 e. The quantitative estimate of drug-likeness (QED) is 0.510. The lowest BCUT2D eigenvalue weighted by atomic mass is 10.3. The fourth-order valence-electron chi connectivity index (χ4n) is 1.04. The molecule has 0 bridgehead atoms. The van der Waals surface area contributed by atoms with Crippen LogP contribution in [0.3, 0.4) is 0 Å². The third-order valence-corrected chi connectivity index (χ3v) is 3.37. The molecule has 0 aromatic heterocycles. The lowest BCUT2D eigenvalue weighted by Crippen LogP contribution is -2.20. The van der Waals surface area contributed by atoms with Crippen LogP contribution in [0.5, 0.6) is 0 Å². The minimum absolute atomic E-state index is 0.119. The van der Waals surface area contributed by atoms with Crippen LogP contribution >= 0.6 is 0 Å². The molecular weight excluding hydrogens is 242 g/mol. The maximum absolute atomic E-state index is 11.4. The molecule has 0 saturated heterocycles. The van der Waals surface area contributed by atoms with Crippen LogP contribution in [-0.4, -0.2) is 61.9 Å². The van der Waals surface area contributed by atoms with E-state index in [4.69, 9.17) is 19.9 Å². The van der Waals surface area contributed by atoms with Crippen LogP contribution in [0.15, 0.2) is 0 Å². The van der Waals surface area contributed by atoms with Gasteiger partial charge in [0.2, 0.25) is 0 Å². The Morgan fingerprint density at radius 2 is 1.65 bits per heavy atom. The fourth-order valence-corrected chi connectivity index (χ4v) is 2.18. The lowest BCUT2D eigenvalue weighted by molar-refractivity contribution is 0.0285. The highest BCUT2D eigenvalue weighted by Crippen LogP contribution is 1.92. The van der Waals surface area contributed by atoms with Gasteiger partial charge in [0.05, 0.1) is 33.0 Å². The van der Waals surface area contributed by atoms with E-state index in [-0.39, 0.29) is 6.04 Å². The number of rotatable bonds is 12. The Balaban J connectivity index is 3.14. The molecule has 0 aliphatic carbocycles. The first-order valence-corrected chi connectivity index (χ1v) is 7.40. The normalized spacial score (nSPS) is 14.8. The van der Waals surface area contributed by atoms with E-state index in [2.05, 4.69) is 0 Å². The van der Waals surface area contributed by atoms with Gasteiger partial charge in [-0.25, -0.2) is 0 Å². The standard InChI is InChI=1S/C11H25NO4S/c1-11(12)3-9-17(13)10-8-16-7-6-15-5-4-14-2/h11H,3-10,12H2,1-2H3. The Kier molecular flexibility index (Phi) is 12.4. The Bertz CT molecular complexity index is 190. The lowest BCUT2D eigenvalue weighted by Gasteiger charge is -2.06. The van der Waals surface area contributed by atoms with Crippen molar-refractivity contribution in [3.63, 3.8) is 0 Å². The van der Waals surface area contributed by atoms with E-state index < -0.39 is 10.8 Å². The molecule has 0 radical (unpaired) electrons. The molecule has 2 atom stereocenters. The highest BCUT2D eigenvalue weighted by atomic mass is 32.2. The number of ether oxygens (including phenoxy) is 3. The van der Waals surface area contributed by atoms with Gasteiger partial charge >= 0.3 is 0 Å². The summed E-state index contributed by atoms with van der Waals surface area (Å²) in [6.45, 7) is 4.70. The van der Waals surface area contributed by atoms with E-state index in [1.165, 1.54) is 0 Å². The van der Waals surface area contributed by atoms with Crippen LogP contribution < -0.4 is 5.73 Å². The monoisotopic (exact) mass is 267 g/mol. The first-order valence-electron chi connectivity index (χ1n) is 5.91. The van der Waals surface area contributed by atoms with Crippen molar-refractivity contribution in [3.8, 4) is 0 Å². The Hall–Kier alpha value is -0.0100. The summed E-state index contributed by atoms with van der Waals surface area (Å²) in [7, 11) is 0.820. The highest BCUT2D eigenvalue weighted by molar-refractivity contribution is 7.84. The summed E-state index contributed by atoms with van der Waals surface area (Å²) >= 11 is 0. The number of nitrogens with two attached hydrogens (primary N) is 1. The third kappa shape index (κ3) is 13.9. The van der Waals surface area contributed by atoms with Gasteiger partial charge in [-0.15, -0.1) is 0 Å². The molecule has 2 unspecified atom stereocenters. The van der Waals surface area contributed by atoms with Crippen LogP contribution in [0.1, 0.15) is 13.3 Å². The molecule has 0 fully saturated rings. The number of hydrogen-bond acceptors (Lipinski definition) is 5. The largest absolute Gasteiger partial charge is 0.382 e. The van der Waals surface area contributed by atoms with Gasteiger partial charge in [-0.1, -0.05) is 0 Å². The Morgan fingerprint density at radius 3 is 2.24 bits per heavy atom. The van der Waals surface area contributed by atoms with Gasteiger partial charge in [-0.05, 0) is 13.3 Å². The zero-order valence-corrected chi connectivity index (χ0v) is 11.7. The third-order valence-electron chi connectivity index (χ3n) is 2.06. The molecular formula is C11H25NO4S. The second kappa shape index (κ2) is 12.4. The van der Waals surface area contributed by atoms with E-state index in [1.54, 1.807) is 7.11 Å². The summed E-state index contributed by atoms with van der Waals surface area (Å²) in [4.78, 5) is 0. The van der Waals surface area contributed by atoms with Crippen LogP contribution in [0.4, 0.5) is 0 Å². The molecule has 0 rings (SSSR count). The molecule has 5 nitrogen and oxygen atoms in total. The van der Waals surface area contributed by atoms with Crippen molar-refractivity contribution < 1.29 is 18.4 Å². The van der Waals surface area contributed by atoms with E-state index in [1.807, 2.05) is 6.92 Å². The van der Waals surface area contributed by atoms with E-state index in [0.29, 0.717) is 44.5 Å². The van der Waals surface area contributed by atoms with Crippen LogP contribution in [0.25, 0.3) is 0 Å². The molecule has 2 N–H and O–H groups in total. The molecule has 0 aromatic carbocycles. The van der Waals surface area contributed by atoms with Crippen molar-refractivity contribution in [1.29, 1.82) is 0 Å². The van der Waals surface area contributed by atoms with Crippen molar-refractivity contribution in [2.45, 2.75) is 19.4 Å². The topological polar surface area (TPSA) is 70.8 Å². The van der Waals surface area contributed by atoms with Gasteiger partial charge in [-0.2, -0.15) is 0 Å². The zero-order chi connectivity index (χ0) is 12.9. The fraction of sp³-hybridized carbons (Fsp3) is 1.00. The zero-order valence-electron chi connectivity index (χ0n) is 10.9. The van der Waals surface area contributed by atoms with Gasteiger partial charge in [0, 0.05) is 35.5 Å². The molecule has 0 amide bonds. The molecule has 0 aliphatic heterocycles. The molecule has 0 heterocycles. The first kappa shape index (κ1) is 17.0. The number of hydrogen-bond donors (Lipinski definition) is 1. The second-order valence-electron chi connectivity index (χ2n) is 3.83. The van der Waals surface area contributed by atoms with Crippen LogP contribution in [0.2, 0.25) is 0 Å². The molecule has 6 heteroatoms. The predicted molar refractivity (Wildman–Crippen MR) is 69.7 cm³/mol. The van der Waals surface area contributed by atoms with E-state index in [0.717, 1.165) is 6.42 Å². The molecule has 104 valence electrons. The summed E-state index contributed by atoms with van der Waals surface area (Å²) in [5, 5.41) is 0. The molecule has 0 saturated carbocycles. The molecule has 0 spiro atoms. The summed E-state index contributed by atoms with van der Waals surface area (Å²) in [5.41, 5.74) is 5.58. The average Bonchev–Trinajstić information content (AvgIpc) is 2.30. The first-order chi connectivity index (χ1) is 8.16. The highest BCUT2D eigenvalue weighted by Gasteiger charge is 2.02. The van der Waals surface area contributed by atoms with Gasteiger partial charge in [0.15, 0.2) is 0 Å². The van der Waals surface area contributed by atoms with Crippen LogP contribution in [0, 0.1) is 0 Å². The van der Waals surface area contributed by atoms with E-state index in [9.17, 15) is 4.21 Å². The summed E-state index contributed by atoms with van der Waals surface area (Å²) in [6.07, 6.45) is 0.798. The minimum Gasteiger partial charge on any atom is -0.382 e. The average molecular weight is 267 g/mol. The smallest absolute Gasteiger partial charge is 0.0701 e. The molecule has 17 heavy (non-hydrogen) atoms. The number of methoxy groups -OCH3 is 1. The van der Waals surface area contributed by atoms with Gasteiger partial charge in [0.1, 0.15) is 0 Å². The predicted octanol–water partition coefficient (Wildman–Crippen LogP) is 0.152. The van der Waals surface area contributed by atoms with Gasteiger partial charge < -0.3 is 19.9 Å². The summed E-state index contributed by atoms with van der Waals surface area (Å²) in [5.74, 6) is 1.23. The SMILES string of the molecule is COCCOCCOCCS(=O)CCC(C)N. The minimum atomic E-state index is -0.817. The maximum atomic E-state index is 11.4. The molecule has 0 aliphatic rings. The second-order valence-corrected chi connectivity index (χ2v) is 5.53. The van der Waals surface area contributed by atoms with Crippen molar-refractivity contribution >= 4 is 10.8 Å².